The Morgan fingerprint density at radius 3 is 0.766 bits per heavy atom. The van der Waals surface area contributed by atoms with Crippen molar-refractivity contribution >= 4 is 53.2 Å². The second kappa shape index (κ2) is 53.8. The molecule has 0 rings (SSSR count). The minimum Gasteiger partial charge on any atom is -0.329 e. The summed E-state index contributed by atoms with van der Waals surface area (Å²) >= 11 is 0. The summed E-state index contributed by atoms with van der Waals surface area (Å²) < 4.78 is 152. The van der Waals surface area contributed by atoms with Gasteiger partial charge in [-0.25, -0.2) is 9.13 Å². The van der Waals surface area contributed by atoms with E-state index in [2.05, 4.69) is 143 Å². The van der Waals surface area contributed by atoms with Gasteiger partial charge in [0.25, 0.3) is 0 Å². The van der Waals surface area contributed by atoms with Gasteiger partial charge >= 0.3 is 38.4 Å². The van der Waals surface area contributed by atoms with Gasteiger partial charge in [-0.15, -0.1) is 0 Å². The monoisotopic (exact) mass is 1500 g/mol. The lowest BCUT2D eigenvalue weighted by Gasteiger charge is -2.24. The van der Waals surface area contributed by atoms with Crippen LogP contribution in [0.2, 0.25) is 0 Å². The number of phosphoric acid groups is 2. The van der Waals surface area contributed by atoms with Crippen LogP contribution in [-0.2, 0) is 95.3 Å². The third-order valence-electron chi connectivity index (χ3n) is 12.0. The fourth-order valence-corrected chi connectivity index (χ4v) is 17.7. The van der Waals surface area contributed by atoms with E-state index < -0.39 is 53.2 Å². The summed E-state index contributed by atoms with van der Waals surface area (Å²) in [6.07, 6.45) is 11.5. The number of phosphoric ester groups is 2. The standard InChI is InChI=1S/C11H25O3P.C10H23O3P.C10H23O2P.C9H21O4P.C9H21O3P.C9H21O2P.C8H19O4P/c1-6-13-15(12,14-7-2)10-8-9-11(3,4)5;1-6-12-14(11,13-7-2)9-8-10(3,4)5;1-6-12-13(5,11)9-7-8-10(2,3)4;1-9(2,3)7-6-8-13-14(10,11-4)12-5;1-6-11-13(10,12-7-2)8-9(3,4)5;1-6-11-12(5,10)8-7-9(2,3)4;1-8(2,3)6-7-12-13(9,10-4)11-5/h6-10H2,1-5H3;6-9H2,1-5H3;6-9H2,1-5H3;6-8H2,1-5H3;6-8H2,1-5H3;6-8H2,1-5H3;6-7H2,1-5H3. The summed E-state index contributed by atoms with van der Waals surface area (Å²) in [4.78, 5) is 0. The van der Waals surface area contributed by atoms with Gasteiger partial charge < -0.3 is 36.2 Å². The van der Waals surface area contributed by atoms with Crippen molar-refractivity contribution in [2.45, 2.75) is 259 Å². The number of rotatable bonds is 38. The van der Waals surface area contributed by atoms with E-state index in [-0.39, 0.29) is 32.5 Å². The molecule has 2 unspecified atom stereocenters. The highest BCUT2D eigenvalue weighted by molar-refractivity contribution is 7.58. The van der Waals surface area contributed by atoms with E-state index >= 15 is 0 Å². The topological polar surface area (TPSA) is 249 Å². The molecule has 0 bridgehead atoms. The maximum Gasteiger partial charge on any atom is 0.474 e. The maximum atomic E-state index is 12.1. The highest BCUT2D eigenvalue weighted by atomic mass is 31.2. The van der Waals surface area contributed by atoms with Crippen LogP contribution in [0.4, 0.5) is 0 Å². The van der Waals surface area contributed by atoms with E-state index in [0.29, 0.717) is 96.1 Å². The molecule has 0 spiro atoms. The Kier molecular flexibility index (Phi) is 62.0. The Labute approximate surface area is 580 Å². The van der Waals surface area contributed by atoms with Gasteiger partial charge in [-0.3, -0.25) is 50.0 Å². The molecule has 0 radical (unpaired) electrons. The zero-order valence-corrected chi connectivity index (χ0v) is 73.4. The molecular weight excluding hydrogens is 1350 g/mol. The lowest BCUT2D eigenvalue weighted by Crippen LogP contribution is -2.14. The van der Waals surface area contributed by atoms with E-state index in [1.165, 1.54) is 28.4 Å². The first-order valence-corrected chi connectivity index (χ1v) is 46.6. The normalized spacial score (nSPS) is 14.3. The summed E-state index contributed by atoms with van der Waals surface area (Å²) in [5, 5.41) is 0. The van der Waals surface area contributed by atoms with Gasteiger partial charge in [0.2, 0.25) is 0 Å². The first-order chi connectivity index (χ1) is 42.2. The second-order valence-electron chi connectivity index (χ2n) is 31.0. The molecule has 578 valence electrons. The third-order valence-corrected chi connectivity index (χ3v) is 25.4. The fraction of sp³-hybridized carbons (Fsp3) is 1.00. The molecule has 94 heavy (non-hydrogen) atoms. The molecule has 0 aliphatic heterocycles. The van der Waals surface area contributed by atoms with Crippen molar-refractivity contribution in [3.63, 3.8) is 0 Å². The molecule has 0 aromatic rings. The minimum atomic E-state index is -3.27. The van der Waals surface area contributed by atoms with Crippen LogP contribution in [0.25, 0.3) is 0 Å². The Hall–Kier alpha value is 1.05. The van der Waals surface area contributed by atoms with E-state index in [1.54, 1.807) is 13.3 Å². The van der Waals surface area contributed by atoms with Crippen LogP contribution in [0.3, 0.4) is 0 Å². The first-order valence-electron chi connectivity index (χ1n) is 34.0. The summed E-state index contributed by atoms with van der Waals surface area (Å²) in [7, 11) is -14.3. The SMILES string of the molecule is CCOP(=O)(CC(C)(C)C)OCC.CCOP(=O)(CCC(C)(C)C)OCC.CCOP(=O)(CCCC(C)(C)C)OCC.CCOP(C)(=O)CCC(C)(C)C.CCOP(C)(=O)CCCC(C)(C)C.COP(=O)(OC)OCCC(C)(C)C.COP(=O)(OC)OCCCC(C)(C)C. The van der Waals surface area contributed by atoms with E-state index in [9.17, 15) is 32.0 Å². The van der Waals surface area contributed by atoms with Crippen LogP contribution in [0, 0.1) is 37.9 Å². The summed E-state index contributed by atoms with van der Waals surface area (Å²) in [5.74, 6) is 0. The van der Waals surface area contributed by atoms with Crippen molar-refractivity contribution in [3.8, 4) is 0 Å². The molecule has 0 aliphatic carbocycles. The molecule has 0 aliphatic rings. The van der Waals surface area contributed by atoms with E-state index in [0.717, 1.165) is 63.9 Å². The van der Waals surface area contributed by atoms with Crippen molar-refractivity contribution in [2.75, 3.05) is 139 Å². The van der Waals surface area contributed by atoms with Gasteiger partial charge in [0.05, 0.1) is 84.6 Å². The molecule has 28 heteroatoms. The summed E-state index contributed by atoms with van der Waals surface area (Å²) in [6, 6.07) is 0. The minimum absolute atomic E-state index is 0.0279. The molecule has 21 nitrogen and oxygen atoms in total. The van der Waals surface area contributed by atoms with Gasteiger partial charge in [-0.05, 0) is 151 Å². The Bertz CT molecular complexity index is 2120. The molecule has 0 saturated heterocycles. The average Bonchev–Trinajstić information content (AvgIpc) is 0.953. The van der Waals surface area contributed by atoms with Crippen LogP contribution in [0.5, 0.6) is 0 Å². The molecule has 0 saturated carbocycles. The summed E-state index contributed by atoms with van der Waals surface area (Å²) in [5.41, 5.74) is 1.45. The number of hydrogen-bond donors (Lipinski definition) is 0. The molecular formula is C66H153O21P7. The van der Waals surface area contributed by atoms with Gasteiger partial charge in [0.15, 0.2) is 14.7 Å². The highest BCUT2D eigenvalue weighted by Crippen LogP contribution is 2.54. The highest BCUT2D eigenvalue weighted by Gasteiger charge is 2.31. The van der Waals surface area contributed by atoms with Crippen LogP contribution in [0.15, 0.2) is 0 Å². The maximum absolute atomic E-state index is 12.1. The largest absolute Gasteiger partial charge is 0.474 e. The molecule has 0 aromatic heterocycles. The zero-order valence-electron chi connectivity index (χ0n) is 67.2. The summed E-state index contributed by atoms with van der Waals surface area (Å²) in [6.45, 7) is 67.6. The zero-order chi connectivity index (χ0) is 75.9. The molecule has 2 atom stereocenters. The first kappa shape index (κ1) is 108. The quantitative estimate of drug-likeness (QED) is 0.0411. The predicted octanol–water partition coefficient (Wildman–Crippen LogP) is 24.3. The van der Waals surface area contributed by atoms with Crippen LogP contribution < -0.4 is 0 Å². The van der Waals surface area contributed by atoms with Gasteiger partial charge in [0.1, 0.15) is 0 Å². The van der Waals surface area contributed by atoms with Crippen molar-refractivity contribution in [2.24, 2.45) is 37.9 Å². The lowest BCUT2D eigenvalue weighted by atomic mass is 9.91. The molecule has 0 N–H and O–H groups in total. The van der Waals surface area contributed by atoms with Gasteiger partial charge in [-0.1, -0.05) is 145 Å². The fourth-order valence-electron chi connectivity index (χ4n) is 7.21. The van der Waals surface area contributed by atoms with Crippen molar-refractivity contribution in [1.29, 1.82) is 0 Å². The van der Waals surface area contributed by atoms with Crippen LogP contribution >= 0.6 is 53.2 Å². The predicted molar refractivity (Wildman–Crippen MR) is 400 cm³/mol. The van der Waals surface area contributed by atoms with Crippen LogP contribution in [0.1, 0.15) is 259 Å². The average molecular weight is 1500 g/mol. The smallest absolute Gasteiger partial charge is 0.329 e. The number of hydrogen-bond acceptors (Lipinski definition) is 21. The van der Waals surface area contributed by atoms with E-state index in [4.69, 9.17) is 45.2 Å². The molecule has 0 aromatic carbocycles. The molecule has 0 heterocycles. The van der Waals surface area contributed by atoms with E-state index in [1.807, 2.05) is 76.2 Å². The van der Waals surface area contributed by atoms with Crippen molar-refractivity contribution in [1.82, 2.24) is 0 Å². The van der Waals surface area contributed by atoms with Crippen molar-refractivity contribution < 1.29 is 95.3 Å². The molecule has 0 amide bonds. The van der Waals surface area contributed by atoms with Crippen LogP contribution in [-0.4, -0.2) is 139 Å². The second-order valence-corrected chi connectivity index (χ2v) is 46.7. The lowest BCUT2D eigenvalue weighted by molar-refractivity contribution is 0.137. The van der Waals surface area contributed by atoms with Crippen molar-refractivity contribution in [3.05, 3.63) is 0 Å². The Morgan fingerprint density at radius 1 is 0.245 bits per heavy atom. The van der Waals surface area contributed by atoms with Gasteiger partial charge in [-0.2, -0.15) is 0 Å². The molecule has 0 fully saturated rings. The van der Waals surface area contributed by atoms with Gasteiger partial charge in [0, 0.05) is 54.1 Å². The Morgan fingerprint density at radius 2 is 0.489 bits per heavy atom. The Balaban J connectivity index is -0.000000188. The third kappa shape index (κ3) is 82.0.